The average molecular weight is 261 g/mol. The van der Waals surface area contributed by atoms with E-state index >= 15 is 0 Å². The van der Waals surface area contributed by atoms with Gasteiger partial charge < -0.3 is 5.73 Å². The van der Waals surface area contributed by atoms with Crippen molar-refractivity contribution in [3.05, 3.63) is 15.0 Å². The second-order valence-electron chi connectivity index (χ2n) is 3.69. The van der Waals surface area contributed by atoms with Gasteiger partial charge in [-0.3, -0.25) is 0 Å². The molecule has 1 aromatic rings. The summed E-state index contributed by atoms with van der Waals surface area (Å²) >= 11 is 5.10. The van der Waals surface area contributed by atoms with Crippen molar-refractivity contribution in [3.63, 3.8) is 0 Å². The lowest BCUT2D eigenvalue weighted by Gasteiger charge is -2.31. The third-order valence-electron chi connectivity index (χ3n) is 2.65. The highest BCUT2D eigenvalue weighted by atomic mass is 79.9. The van der Waals surface area contributed by atoms with E-state index in [1.54, 1.807) is 11.3 Å². The second kappa shape index (κ2) is 3.67. The van der Waals surface area contributed by atoms with Crippen LogP contribution < -0.4 is 5.73 Å². The lowest BCUT2D eigenvalue weighted by molar-refractivity contribution is 0.301. The summed E-state index contributed by atoms with van der Waals surface area (Å²) < 4.78 is 1.08. The van der Waals surface area contributed by atoms with Crippen LogP contribution in [0.15, 0.2) is 9.98 Å². The van der Waals surface area contributed by atoms with Crippen molar-refractivity contribution in [2.75, 3.05) is 0 Å². The molecule has 0 unspecified atom stereocenters. The predicted octanol–water partition coefficient (Wildman–Crippen LogP) is 3.02. The zero-order valence-electron chi connectivity index (χ0n) is 7.42. The molecule has 0 bridgehead atoms. The molecule has 2 N–H and O–H groups in total. The van der Waals surface area contributed by atoms with Crippen LogP contribution in [0.5, 0.6) is 0 Å². The van der Waals surface area contributed by atoms with Gasteiger partial charge in [-0.15, -0.1) is 11.3 Å². The molecular formula is C9H13BrN2S. The maximum Gasteiger partial charge on any atom is 0.114 e. The van der Waals surface area contributed by atoms with Crippen LogP contribution in [0.1, 0.15) is 37.1 Å². The van der Waals surface area contributed by atoms with Crippen LogP contribution in [0.3, 0.4) is 0 Å². The Kier molecular flexibility index (Phi) is 2.72. The average Bonchev–Trinajstić information content (AvgIpc) is 2.54. The highest BCUT2D eigenvalue weighted by molar-refractivity contribution is 9.11. The molecule has 0 aromatic carbocycles. The van der Waals surface area contributed by atoms with Gasteiger partial charge in [0.15, 0.2) is 0 Å². The Bertz CT molecular complexity index is 292. The third-order valence-corrected chi connectivity index (χ3v) is 4.35. The van der Waals surface area contributed by atoms with Crippen molar-refractivity contribution in [2.45, 2.75) is 37.6 Å². The summed E-state index contributed by atoms with van der Waals surface area (Å²) in [6.07, 6.45) is 7.84. The number of hydrogen-bond donors (Lipinski definition) is 1. The molecule has 0 spiro atoms. The molecule has 0 atom stereocenters. The predicted molar refractivity (Wildman–Crippen MR) is 58.8 cm³/mol. The molecular weight excluding hydrogens is 248 g/mol. The van der Waals surface area contributed by atoms with Gasteiger partial charge in [0.1, 0.15) is 5.01 Å². The van der Waals surface area contributed by atoms with Gasteiger partial charge in [-0.1, -0.05) is 19.3 Å². The maximum absolute atomic E-state index is 6.32. The van der Waals surface area contributed by atoms with Crippen LogP contribution in [-0.4, -0.2) is 4.98 Å². The number of hydrogen-bond acceptors (Lipinski definition) is 3. The van der Waals surface area contributed by atoms with E-state index < -0.39 is 0 Å². The quantitative estimate of drug-likeness (QED) is 0.843. The molecule has 1 saturated carbocycles. The highest BCUT2D eigenvalue weighted by Gasteiger charge is 2.32. The fraction of sp³-hybridized carbons (Fsp3) is 0.667. The molecule has 2 rings (SSSR count). The summed E-state index contributed by atoms with van der Waals surface area (Å²) in [4.78, 5) is 4.36. The van der Waals surface area contributed by atoms with Gasteiger partial charge in [0, 0.05) is 0 Å². The number of nitrogens with two attached hydrogens (primary N) is 1. The zero-order chi connectivity index (χ0) is 9.31. The first-order valence-electron chi connectivity index (χ1n) is 4.61. The molecule has 1 fully saturated rings. The van der Waals surface area contributed by atoms with E-state index in [9.17, 15) is 0 Å². The minimum absolute atomic E-state index is 0.130. The van der Waals surface area contributed by atoms with Crippen LogP contribution in [0, 0.1) is 0 Å². The Balaban J connectivity index is 2.22. The summed E-state index contributed by atoms with van der Waals surface area (Å²) in [5.74, 6) is 0. The van der Waals surface area contributed by atoms with E-state index in [4.69, 9.17) is 5.73 Å². The zero-order valence-corrected chi connectivity index (χ0v) is 9.83. The van der Waals surface area contributed by atoms with Gasteiger partial charge >= 0.3 is 0 Å². The number of nitrogens with zero attached hydrogens (tertiary/aromatic N) is 1. The van der Waals surface area contributed by atoms with Gasteiger partial charge in [0.05, 0.1) is 15.5 Å². The first-order valence-corrected chi connectivity index (χ1v) is 6.22. The summed E-state index contributed by atoms with van der Waals surface area (Å²) in [7, 11) is 0. The first-order chi connectivity index (χ1) is 6.21. The van der Waals surface area contributed by atoms with E-state index in [2.05, 4.69) is 20.9 Å². The van der Waals surface area contributed by atoms with Crippen molar-refractivity contribution >= 4 is 27.3 Å². The fourth-order valence-electron chi connectivity index (χ4n) is 1.88. The molecule has 2 nitrogen and oxygen atoms in total. The molecule has 72 valence electrons. The molecule has 4 heteroatoms. The molecule has 1 aliphatic carbocycles. The number of rotatable bonds is 1. The Morgan fingerprint density at radius 2 is 2.08 bits per heavy atom. The first kappa shape index (κ1) is 9.62. The normalized spacial score (nSPS) is 21.7. The number of halogens is 1. The summed E-state index contributed by atoms with van der Waals surface area (Å²) in [5, 5.41) is 1.10. The van der Waals surface area contributed by atoms with Gasteiger partial charge in [0.2, 0.25) is 0 Å². The lowest BCUT2D eigenvalue weighted by atomic mass is 9.83. The van der Waals surface area contributed by atoms with E-state index in [-0.39, 0.29) is 5.54 Å². The fourth-order valence-corrected chi connectivity index (χ4v) is 3.25. The monoisotopic (exact) mass is 260 g/mol. The SMILES string of the molecule is NC1(c2ncc(Br)s2)CCCCC1. The van der Waals surface area contributed by atoms with Crippen LogP contribution in [-0.2, 0) is 5.54 Å². The van der Waals surface area contributed by atoms with Crippen LogP contribution in [0.4, 0.5) is 0 Å². The van der Waals surface area contributed by atoms with Gasteiger partial charge in [0.25, 0.3) is 0 Å². The molecule has 1 heterocycles. The van der Waals surface area contributed by atoms with E-state index in [1.165, 1.54) is 19.3 Å². The molecule has 0 radical (unpaired) electrons. The van der Waals surface area contributed by atoms with Gasteiger partial charge in [-0.25, -0.2) is 4.98 Å². The molecule has 13 heavy (non-hydrogen) atoms. The molecule has 0 amide bonds. The van der Waals surface area contributed by atoms with Gasteiger partial charge in [-0.05, 0) is 28.8 Å². The summed E-state index contributed by atoms with van der Waals surface area (Å²) in [5.41, 5.74) is 6.19. The molecule has 0 saturated heterocycles. The standard InChI is InChI=1S/C9H13BrN2S/c10-7-6-12-8(13-7)9(11)4-2-1-3-5-9/h6H,1-5,11H2. The third kappa shape index (κ3) is 1.95. The van der Waals surface area contributed by atoms with Crippen molar-refractivity contribution < 1.29 is 0 Å². The van der Waals surface area contributed by atoms with Crippen molar-refractivity contribution in [2.24, 2.45) is 5.73 Å². The van der Waals surface area contributed by atoms with E-state index in [0.29, 0.717) is 0 Å². The van der Waals surface area contributed by atoms with E-state index in [0.717, 1.165) is 21.6 Å². The Hall–Kier alpha value is 0.0700. The number of aromatic nitrogens is 1. The molecule has 1 aliphatic rings. The minimum atomic E-state index is -0.130. The maximum atomic E-state index is 6.32. The Morgan fingerprint density at radius 1 is 1.38 bits per heavy atom. The van der Waals surface area contributed by atoms with E-state index in [1.807, 2.05) is 6.20 Å². The molecule has 1 aromatic heterocycles. The van der Waals surface area contributed by atoms with Crippen molar-refractivity contribution in [1.82, 2.24) is 4.98 Å². The van der Waals surface area contributed by atoms with Gasteiger partial charge in [-0.2, -0.15) is 0 Å². The highest BCUT2D eigenvalue weighted by Crippen LogP contribution is 2.37. The van der Waals surface area contributed by atoms with Crippen LogP contribution in [0.2, 0.25) is 0 Å². The largest absolute Gasteiger partial charge is 0.319 e. The van der Waals surface area contributed by atoms with Crippen molar-refractivity contribution in [3.8, 4) is 0 Å². The second-order valence-corrected chi connectivity index (χ2v) is 6.10. The van der Waals surface area contributed by atoms with Crippen LogP contribution >= 0.6 is 27.3 Å². The topological polar surface area (TPSA) is 38.9 Å². The smallest absolute Gasteiger partial charge is 0.114 e. The van der Waals surface area contributed by atoms with Crippen molar-refractivity contribution in [1.29, 1.82) is 0 Å². The summed E-state index contributed by atoms with van der Waals surface area (Å²) in [6, 6.07) is 0. The Morgan fingerprint density at radius 3 is 2.62 bits per heavy atom. The molecule has 0 aliphatic heterocycles. The summed E-state index contributed by atoms with van der Waals surface area (Å²) in [6.45, 7) is 0. The number of thiazole rings is 1. The van der Waals surface area contributed by atoms with Crippen LogP contribution in [0.25, 0.3) is 0 Å². The Labute approximate surface area is 90.7 Å². The lowest BCUT2D eigenvalue weighted by Crippen LogP contribution is -2.38. The minimum Gasteiger partial charge on any atom is -0.319 e.